The predicted molar refractivity (Wildman–Crippen MR) is 125 cm³/mol. The third-order valence-corrected chi connectivity index (χ3v) is 5.96. The molecule has 0 fully saturated rings. The molecule has 1 N–H and O–H groups in total. The summed E-state index contributed by atoms with van der Waals surface area (Å²) in [6.07, 6.45) is 6.43. The van der Waals surface area contributed by atoms with Gasteiger partial charge in [-0.1, -0.05) is 18.2 Å². The lowest BCUT2D eigenvalue weighted by Gasteiger charge is -2.20. The SMILES string of the molecule is Cc1c(CN(C)C(=O)/C=C/c2cnc3c(c2)CC[C@H](N(C)C)C(=O)N3)oc2ccccc12. The summed E-state index contributed by atoms with van der Waals surface area (Å²) in [4.78, 5) is 33.0. The lowest BCUT2D eigenvalue weighted by atomic mass is 10.1. The standard InChI is InChI=1S/C25H28N4O3/c1-16-19-7-5-6-8-21(19)32-22(16)15-29(4)23(30)12-9-17-13-18-10-11-20(28(2)3)25(31)27-24(18)26-14-17/h5-9,12-14,20H,10-11,15H2,1-4H3,(H,26,27,31)/b12-9+/t20-/m0/s1. The molecule has 0 spiro atoms. The van der Waals surface area contributed by atoms with E-state index in [0.29, 0.717) is 12.4 Å². The summed E-state index contributed by atoms with van der Waals surface area (Å²) in [5, 5.41) is 3.97. The Labute approximate surface area is 187 Å². The quantitative estimate of drug-likeness (QED) is 0.623. The second kappa shape index (κ2) is 8.96. The highest BCUT2D eigenvalue weighted by Crippen LogP contribution is 2.26. The van der Waals surface area contributed by atoms with Crippen LogP contribution in [0.2, 0.25) is 0 Å². The summed E-state index contributed by atoms with van der Waals surface area (Å²) >= 11 is 0. The molecule has 7 heteroatoms. The van der Waals surface area contributed by atoms with Crippen LogP contribution in [0.3, 0.4) is 0 Å². The second-order valence-electron chi connectivity index (χ2n) is 8.46. The van der Waals surface area contributed by atoms with Crippen LogP contribution in [0.25, 0.3) is 17.0 Å². The summed E-state index contributed by atoms with van der Waals surface area (Å²) < 4.78 is 5.92. The first kappa shape index (κ1) is 21.8. The van der Waals surface area contributed by atoms with E-state index >= 15 is 0 Å². The highest BCUT2D eigenvalue weighted by Gasteiger charge is 2.25. The molecule has 7 nitrogen and oxygen atoms in total. The molecule has 3 aromatic rings. The maximum absolute atomic E-state index is 12.7. The van der Waals surface area contributed by atoms with E-state index in [4.69, 9.17) is 4.42 Å². The summed E-state index contributed by atoms with van der Waals surface area (Å²) in [6.45, 7) is 2.40. The molecule has 32 heavy (non-hydrogen) atoms. The Morgan fingerprint density at radius 2 is 2.06 bits per heavy atom. The molecule has 0 aliphatic carbocycles. The van der Waals surface area contributed by atoms with Crippen molar-refractivity contribution in [2.45, 2.75) is 32.4 Å². The van der Waals surface area contributed by atoms with Crippen molar-refractivity contribution in [1.82, 2.24) is 14.8 Å². The molecule has 0 saturated heterocycles. The lowest BCUT2D eigenvalue weighted by molar-refractivity contribution is -0.125. The van der Waals surface area contributed by atoms with E-state index in [2.05, 4.69) is 10.3 Å². The van der Waals surface area contributed by atoms with Gasteiger partial charge in [0, 0.05) is 30.3 Å². The highest BCUT2D eigenvalue weighted by atomic mass is 16.3. The average Bonchev–Trinajstić information content (AvgIpc) is 2.97. The van der Waals surface area contributed by atoms with Crippen LogP contribution < -0.4 is 5.32 Å². The van der Waals surface area contributed by atoms with Gasteiger partial charge in [-0.25, -0.2) is 4.98 Å². The number of hydrogen-bond donors (Lipinski definition) is 1. The molecule has 0 saturated carbocycles. The van der Waals surface area contributed by atoms with E-state index in [1.807, 2.05) is 56.3 Å². The number of nitrogens with one attached hydrogen (secondary N) is 1. The first-order valence-corrected chi connectivity index (χ1v) is 10.7. The molecular formula is C25H28N4O3. The number of para-hydroxylation sites is 1. The van der Waals surface area contributed by atoms with Gasteiger partial charge in [0.15, 0.2) is 0 Å². The van der Waals surface area contributed by atoms with Crippen LogP contribution in [-0.2, 0) is 22.6 Å². The number of benzene rings is 1. The van der Waals surface area contributed by atoms with E-state index in [0.717, 1.165) is 46.3 Å². The zero-order valence-electron chi connectivity index (χ0n) is 18.9. The number of aromatic nitrogens is 1. The van der Waals surface area contributed by atoms with Crippen molar-refractivity contribution in [2.24, 2.45) is 0 Å². The van der Waals surface area contributed by atoms with Crippen molar-refractivity contribution >= 4 is 34.7 Å². The molecular weight excluding hydrogens is 404 g/mol. The molecule has 1 aliphatic rings. The number of carbonyl (C=O) groups is 2. The number of pyridine rings is 1. The van der Waals surface area contributed by atoms with E-state index in [1.54, 1.807) is 30.3 Å². The smallest absolute Gasteiger partial charge is 0.246 e. The van der Waals surface area contributed by atoms with Gasteiger partial charge in [0.25, 0.3) is 0 Å². The normalized spacial score (nSPS) is 16.3. The average molecular weight is 433 g/mol. The van der Waals surface area contributed by atoms with Crippen LogP contribution >= 0.6 is 0 Å². The number of fused-ring (bicyclic) bond motifs is 2. The van der Waals surface area contributed by atoms with Crippen molar-refractivity contribution in [3.63, 3.8) is 0 Å². The number of nitrogens with zero attached hydrogens (tertiary/aromatic N) is 3. The fraction of sp³-hybridized carbons (Fsp3) is 0.320. The summed E-state index contributed by atoms with van der Waals surface area (Å²) in [7, 11) is 5.55. The third-order valence-electron chi connectivity index (χ3n) is 5.96. The number of carbonyl (C=O) groups excluding carboxylic acids is 2. The zero-order valence-corrected chi connectivity index (χ0v) is 18.9. The minimum Gasteiger partial charge on any atom is -0.459 e. The summed E-state index contributed by atoms with van der Waals surface area (Å²) in [5.41, 5.74) is 3.68. The molecule has 1 atom stereocenters. The Morgan fingerprint density at radius 3 is 2.81 bits per heavy atom. The molecule has 1 aromatic carbocycles. The Hall–Kier alpha value is -3.45. The Kier molecular flexibility index (Phi) is 6.10. The van der Waals surface area contributed by atoms with Gasteiger partial charge in [-0.05, 0) is 63.2 Å². The van der Waals surface area contributed by atoms with Gasteiger partial charge in [0.05, 0.1) is 12.6 Å². The summed E-state index contributed by atoms with van der Waals surface area (Å²) in [6, 6.07) is 9.67. The topological polar surface area (TPSA) is 78.7 Å². The van der Waals surface area contributed by atoms with Crippen molar-refractivity contribution in [3.05, 3.63) is 65.1 Å². The first-order valence-electron chi connectivity index (χ1n) is 10.7. The molecule has 166 valence electrons. The Bertz CT molecular complexity index is 1200. The molecule has 3 heterocycles. The Balaban J connectivity index is 1.44. The maximum Gasteiger partial charge on any atom is 0.246 e. The van der Waals surface area contributed by atoms with Gasteiger partial charge in [0.1, 0.15) is 17.2 Å². The number of anilines is 1. The maximum atomic E-state index is 12.7. The van der Waals surface area contributed by atoms with E-state index < -0.39 is 0 Å². The second-order valence-corrected chi connectivity index (χ2v) is 8.46. The van der Waals surface area contributed by atoms with Gasteiger partial charge >= 0.3 is 0 Å². The predicted octanol–water partition coefficient (Wildman–Crippen LogP) is 3.62. The fourth-order valence-electron chi connectivity index (χ4n) is 4.00. The van der Waals surface area contributed by atoms with Crippen molar-refractivity contribution < 1.29 is 14.0 Å². The zero-order chi connectivity index (χ0) is 22.8. The molecule has 0 radical (unpaired) electrons. The number of aryl methyl sites for hydroxylation is 2. The molecule has 0 bridgehead atoms. The van der Waals surface area contributed by atoms with Crippen LogP contribution in [0.5, 0.6) is 0 Å². The first-order chi connectivity index (χ1) is 15.3. The number of amides is 2. The largest absolute Gasteiger partial charge is 0.459 e. The summed E-state index contributed by atoms with van der Waals surface area (Å²) in [5.74, 6) is 1.22. The van der Waals surface area contributed by atoms with Crippen LogP contribution in [-0.4, -0.2) is 53.8 Å². The van der Waals surface area contributed by atoms with Crippen molar-refractivity contribution in [3.8, 4) is 0 Å². The van der Waals surface area contributed by atoms with Crippen LogP contribution in [0.15, 0.2) is 47.0 Å². The fourth-order valence-corrected chi connectivity index (χ4v) is 4.00. The van der Waals surface area contributed by atoms with Crippen LogP contribution in [0, 0.1) is 6.92 Å². The van der Waals surface area contributed by atoms with Gasteiger partial charge in [0.2, 0.25) is 11.8 Å². The molecule has 1 aliphatic heterocycles. The van der Waals surface area contributed by atoms with Crippen LogP contribution in [0.4, 0.5) is 5.82 Å². The number of furan rings is 1. The Morgan fingerprint density at radius 1 is 1.28 bits per heavy atom. The minimum atomic E-state index is -0.180. The molecule has 2 amide bonds. The molecule has 4 rings (SSSR count). The van der Waals surface area contributed by atoms with Crippen molar-refractivity contribution in [1.29, 1.82) is 0 Å². The number of hydrogen-bond acceptors (Lipinski definition) is 5. The van der Waals surface area contributed by atoms with E-state index in [1.165, 1.54) is 0 Å². The van der Waals surface area contributed by atoms with Gasteiger partial charge < -0.3 is 14.6 Å². The molecule has 2 aromatic heterocycles. The highest BCUT2D eigenvalue weighted by molar-refractivity contribution is 5.95. The van der Waals surface area contributed by atoms with Gasteiger partial charge in [-0.2, -0.15) is 0 Å². The van der Waals surface area contributed by atoms with Crippen LogP contribution in [0.1, 0.15) is 28.9 Å². The number of likely N-dealkylation sites (N-methyl/N-ethyl adjacent to an activating group) is 2. The molecule has 0 unspecified atom stereocenters. The third kappa shape index (κ3) is 4.43. The lowest BCUT2D eigenvalue weighted by Crippen LogP contribution is -2.38. The van der Waals surface area contributed by atoms with E-state index in [9.17, 15) is 9.59 Å². The van der Waals surface area contributed by atoms with Gasteiger partial charge in [-0.3, -0.25) is 14.5 Å². The minimum absolute atomic E-state index is 0.0396. The number of rotatable bonds is 5. The van der Waals surface area contributed by atoms with Crippen molar-refractivity contribution in [2.75, 3.05) is 26.5 Å². The monoisotopic (exact) mass is 432 g/mol. The van der Waals surface area contributed by atoms with Gasteiger partial charge in [-0.15, -0.1) is 0 Å². The van der Waals surface area contributed by atoms with E-state index in [-0.39, 0.29) is 17.9 Å².